The smallest absolute Gasteiger partial charge is 0.268 e. The van der Waals surface area contributed by atoms with E-state index in [1.54, 1.807) is 49.4 Å². The molecule has 3 aromatic rings. The lowest BCUT2D eigenvalue weighted by atomic mass is 10.1. The van der Waals surface area contributed by atoms with Gasteiger partial charge in [-0.1, -0.05) is 18.2 Å². The average Bonchev–Trinajstić information content (AvgIpc) is 2.97. The molecule has 0 saturated carbocycles. The van der Waals surface area contributed by atoms with Crippen molar-refractivity contribution >= 4 is 44.8 Å². The molecule has 5 rings (SSSR count). The van der Waals surface area contributed by atoms with Gasteiger partial charge in [-0.3, -0.25) is 19.3 Å². The van der Waals surface area contributed by atoms with Crippen molar-refractivity contribution in [1.29, 1.82) is 0 Å². The van der Waals surface area contributed by atoms with E-state index in [-0.39, 0.29) is 36.0 Å². The minimum Gasteiger partial charge on any atom is -0.479 e. The molecule has 3 amide bonds. The summed E-state index contributed by atoms with van der Waals surface area (Å²) >= 11 is 0. The number of morpholine rings is 1. The van der Waals surface area contributed by atoms with Crippen molar-refractivity contribution in [3.05, 3.63) is 78.4 Å². The highest BCUT2D eigenvalue weighted by Crippen LogP contribution is 2.36. The number of nitrogens with zero attached hydrogens (tertiary/aromatic N) is 2. The molecular formula is C28H28N4O7S. The first-order valence-corrected chi connectivity index (χ1v) is 14.1. The van der Waals surface area contributed by atoms with E-state index in [1.165, 1.54) is 33.5 Å². The van der Waals surface area contributed by atoms with Crippen LogP contribution in [0.5, 0.6) is 5.75 Å². The Morgan fingerprint density at radius 2 is 1.62 bits per heavy atom. The monoisotopic (exact) mass is 564 g/mol. The van der Waals surface area contributed by atoms with Gasteiger partial charge in [-0.25, -0.2) is 8.42 Å². The fourth-order valence-corrected chi connectivity index (χ4v) is 5.84. The summed E-state index contributed by atoms with van der Waals surface area (Å²) < 4.78 is 38.0. The van der Waals surface area contributed by atoms with E-state index in [0.29, 0.717) is 36.0 Å². The van der Waals surface area contributed by atoms with Gasteiger partial charge in [-0.2, -0.15) is 4.31 Å². The largest absolute Gasteiger partial charge is 0.479 e. The second-order valence-electron chi connectivity index (χ2n) is 9.28. The number of nitrogens with one attached hydrogen (secondary N) is 2. The molecular weight excluding hydrogens is 536 g/mol. The molecule has 1 saturated heterocycles. The molecule has 11 nitrogen and oxygen atoms in total. The van der Waals surface area contributed by atoms with Crippen molar-refractivity contribution in [2.24, 2.45) is 0 Å². The van der Waals surface area contributed by atoms with Crippen LogP contribution >= 0.6 is 0 Å². The summed E-state index contributed by atoms with van der Waals surface area (Å²) in [6.07, 6.45) is -0.787. The first kappa shape index (κ1) is 27.3. The van der Waals surface area contributed by atoms with Gasteiger partial charge in [0.25, 0.3) is 11.8 Å². The molecule has 1 fully saturated rings. The van der Waals surface area contributed by atoms with Crippen molar-refractivity contribution in [3.63, 3.8) is 0 Å². The lowest BCUT2D eigenvalue weighted by Crippen LogP contribution is -2.47. The van der Waals surface area contributed by atoms with Gasteiger partial charge in [0, 0.05) is 30.0 Å². The van der Waals surface area contributed by atoms with Crippen LogP contribution in [0.2, 0.25) is 0 Å². The minimum absolute atomic E-state index is 0.0916. The van der Waals surface area contributed by atoms with E-state index < -0.39 is 27.9 Å². The molecule has 2 N–H and O–H groups in total. The van der Waals surface area contributed by atoms with Gasteiger partial charge < -0.3 is 20.1 Å². The van der Waals surface area contributed by atoms with Gasteiger partial charge in [0.15, 0.2) is 6.10 Å². The Morgan fingerprint density at radius 3 is 2.33 bits per heavy atom. The maximum absolute atomic E-state index is 13.0. The molecule has 1 unspecified atom stereocenters. The SMILES string of the molecule is CC1Oc2ccc(NC(=O)c3ccc(S(=O)(=O)N4CCOCC4)cc3)cc2N(CC(=O)Nc2ccccc2)C1=O. The zero-order valence-electron chi connectivity index (χ0n) is 21.7. The molecule has 0 bridgehead atoms. The standard InChI is InChI=1S/C28H28N4O7S/c1-19-28(35)32(18-26(33)29-21-5-3-2-4-6-21)24-17-22(9-12-25(24)39-19)30-27(34)20-7-10-23(11-8-20)40(36,37)31-13-15-38-16-14-31/h2-12,17,19H,13-16,18H2,1H3,(H,29,33)(H,30,34). The number of sulfonamides is 1. The zero-order valence-corrected chi connectivity index (χ0v) is 22.5. The topological polar surface area (TPSA) is 134 Å². The van der Waals surface area contributed by atoms with Crippen LogP contribution in [0.4, 0.5) is 17.1 Å². The number of ether oxygens (including phenoxy) is 2. The Bertz CT molecular complexity index is 1520. The third kappa shape index (κ3) is 5.83. The molecule has 2 heterocycles. The maximum Gasteiger partial charge on any atom is 0.268 e. The number of hydrogen-bond donors (Lipinski definition) is 2. The van der Waals surface area contributed by atoms with Crippen molar-refractivity contribution in [3.8, 4) is 5.75 Å². The Morgan fingerprint density at radius 1 is 0.925 bits per heavy atom. The second-order valence-corrected chi connectivity index (χ2v) is 11.2. The zero-order chi connectivity index (χ0) is 28.3. The number of anilines is 3. The average molecular weight is 565 g/mol. The first-order chi connectivity index (χ1) is 19.2. The number of benzene rings is 3. The fraction of sp³-hybridized carbons (Fsp3) is 0.250. The summed E-state index contributed by atoms with van der Waals surface area (Å²) in [5.41, 5.74) is 1.56. The molecule has 40 heavy (non-hydrogen) atoms. The Hall–Kier alpha value is -4.26. The van der Waals surface area contributed by atoms with Crippen LogP contribution in [0.15, 0.2) is 77.7 Å². The summed E-state index contributed by atoms with van der Waals surface area (Å²) in [5, 5.41) is 5.52. The summed E-state index contributed by atoms with van der Waals surface area (Å²) in [4.78, 5) is 40.0. The summed E-state index contributed by atoms with van der Waals surface area (Å²) in [7, 11) is -3.68. The van der Waals surface area contributed by atoms with Crippen molar-refractivity contribution in [2.45, 2.75) is 17.9 Å². The predicted molar refractivity (Wildman–Crippen MR) is 148 cm³/mol. The number of rotatable bonds is 7. The first-order valence-electron chi connectivity index (χ1n) is 12.7. The number of carbonyl (C=O) groups excluding carboxylic acids is 3. The molecule has 0 aromatic heterocycles. The number of fused-ring (bicyclic) bond motifs is 1. The third-order valence-corrected chi connectivity index (χ3v) is 8.42. The highest BCUT2D eigenvalue weighted by Gasteiger charge is 2.33. The lowest BCUT2D eigenvalue weighted by Gasteiger charge is -2.33. The summed E-state index contributed by atoms with van der Waals surface area (Å²) in [6.45, 7) is 2.59. The van der Waals surface area contributed by atoms with E-state index in [0.717, 1.165) is 0 Å². The summed E-state index contributed by atoms with van der Waals surface area (Å²) in [6, 6.07) is 19.4. The van der Waals surface area contributed by atoms with Gasteiger partial charge in [-0.15, -0.1) is 0 Å². The highest BCUT2D eigenvalue weighted by molar-refractivity contribution is 7.89. The van der Waals surface area contributed by atoms with Crippen LogP contribution in [0.25, 0.3) is 0 Å². The molecule has 2 aliphatic heterocycles. The molecule has 208 valence electrons. The van der Waals surface area contributed by atoms with Crippen LogP contribution in [-0.2, 0) is 24.3 Å². The summed E-state index contributed by atoms with van der Waals surface area (Å²) in [5.74, 6) is -0.854. The third-order valence-electron chi connectivity index (χ3n) is 6.51. The van der Waals surface area contributed by atoms with Gasteiger partial charge in [-0.05, 0) is 61.5 Å². The van der Waals surface area contributed by atoms with Crippen LogP contribution < -0.4 is 20.3 Å². The van der Waals surface area contributed by atoms with Gasteiger partial charge in [0.1, 0.15) is 12.3 Å². The fourth-order valence-electron chi connectivity index (χ4n) is 4.43. The maximum atomic E-state index is 13.0. The van der Waals surface area contributed by atoms with Crippen molar-refractivity contribution in [2.75, 3.05) is 48.4 Å². The molecule has 0 radical (unpaired) electrons. The molecule has 12 heteroatoms. The molecule has 0 aliphatic carbocycles. The van der Waals surface area contributed by atoms with Gasteiger partial charge in [0.2, 0.25) is 15.9 Å². The van der Waals surface area contributed by atoms with E-state index in [1.807, 2.05) is 6.07 Å². The molecule has 0 spiro atoms. The quantitative estimate of drug-likeness (QED) is 0.451. The van der Waals surface area contributed by atoms with E-state index in [2.05, 4.69) is 10.6 Å². The van der Waals surface area contributed by atoms with E-state index in [4.69, 9.17) is 9.47 Å². The molecule has 3 aromatic carbocycles. The lowest BCUT2D eigenvalue weighted by molar-refractivity contribution is -0.127. The van der Waals surface area contributed by atoms with E-state index in [9.17, 15) is 22.8 Å². The Balaban J connectivity index is 1.31. The molecule has 1 atom stereocenters. The van der Waals surface area contributed by atoms with Crippen molar-refractivity contribution < 1.29 is 32.3 Å². The Kier molecular flexibility index (Phi) is 7.83. The predicted octanol–water partition coefficient (Wildman–Crippen LogP) is 2.71. The van der Waals surface area contributed by atoms with E-state index >= 15 is 0 Å². The number of hydrogen-bond acceptors (Lipinski definition) is 7. The van der Waals surface area contributed by atoms with Gasteiger partial charge >= 0.3 is 0 Å². The number of para-hydroxylation sites is 1. The van der Waals surface area contributed by atoms with Crippen LogP contribution in [-0.4, -0.2) is 69.4 Å². The van der Waals surface area contributed by atoms with Crippen LogP contribution in [0.1, 0.15) is 17.3 Å². The second kappa shape index (κ2) is 11.5. The van der Waals surface area contributed by atoms with Crippen LogP contribution in [0.3, 0.4) is 0 Å². The van der Waals surface area contributed by atoms with Crippen LogP contribution in [0, 0.1) is 0 Å². The minimum atomic E-state index is -3.68. The highest BCUT2D eigenvalue weighted by atomic mass is 32.2. The Labute approximate surface area is 231 Å². The molecule has 2 aliphatic rings. The number of carbonyl (C=O) groups is 3. The van der Waals surface area contributed by atoms with Crippen molar-refractivity contribution in [1.82, 2.24) is 4.31 Å². The van der Waals surface area contributed by atoms with Gasteiger partial charge in [0.05, 0.1) is 23.8 Å². The normalized spacial score (nSPS) is 17.5. The number of amides is 3.